The Morgan fingerprint density at radius 2 is 1.45 bits per heavy atom. The van der Waals surface area contributed by atoms with Crippen molar-refractivity contribution in [3.63, 3.8) is 0 Å². The molecule has 3 aromatic rings. The predicted octanol–water partition coefficient (Wildman–Crippen LogP) is 5.06. The Kier molecular flexibility index (Phi) is 7.93. The van der Waals surface area contributed by atoms with Crippen molar-refractivity contribution in [1.29, 1.82) is 0 Å². The van der Waals surface area contributed by atoms with Gasteiger partial charge in [-0.3, -0.25) is 0 Å². The monoisotopic (exact) mass is 463 g/mol. The average molecular weight is 464 g/mol. The molecule has 1 heterocycles. The molecule has 0 saturated heterocycles. The molecule has 166 valence electrons. The van der Waals surface area contributed by atoms with E-state index in [1.165, 1.54) is 0 Å². The molecule has 0 N–H and O–H groups in total. The number of rotatable bonds is 10. The molecule has 0 aliphatic carbocycles. The topological polar surface area (TPSA) is 48.8 Å². The second-order valence-electron chi connectivity index (χ2n) is 6.88. The van der Waals surface area contributed by atoms with Crippen LogP contribution in [-0.4, -0.2) is 55.7 Å². The molecular weight excluding hydrogens is 437 g/mol. The summed E-state index contributed by atoms with van der Waals surface area (Å²) in [5.74, 6) is 2.81. The van der Waals surface area contributed by atoms with E-state index in [9.17, 15) is 0 Å². The molecule has 0 atom stereocenters. The van der Waals surface area contributed by atoms with Crippen LogP contribution in [0.25, 0.3) is 22.5 Å². The number of hydrogen-bond acceptors (Lipinski definition) is 5. The van der Waals surface area contributed by atoms with Gasteiger partial charge in [0.2, 0.25) is 5.75 Å². The predicted molar refractivity (Wildman–Crippen MR) is 127 cm³/mol. The molecule has 0 aliphatic heterocycles. The van der Waals surface area contributed by atoms with Crippen molar-refractivity contribution in [3.05, 3.63) is 42.7 Å². The van der Waals surface area contributed by atoms with Crippen molar-refractivity contribution in [2.75, 3.05) is 51.1 Å². The second kappa shape index (κ2) is 10.6. The lowest BCUT2D eigenvalue weighted by atomic mass is 10.0. The summed E-state index contributed by atoms with van der Waals surface area (Å²) >= 11 is 11.9. The van der Waals surface area contributed by atoms with Gasteiger partial charge in [-0.15, -0.1) is 23.2 Å². The molecule has 0 unspecified atom stereocenters. The Morgan fingerprint density at radius 3 is 1.94 bits per heavy atom. The number of halogens is 2. The molecule has 1 aromatic heterocycles. The van der Waals surface area contributed by atoms with Crippen LogP contribution in [0.4, 0.5) is 5.69 Å². The first kappa shape index (κ1) is 23.1. The third kappa shape index (κ3) is 4.86. The lowest BCUT2D eigenvalue weighted by molar-refractivity contribution is 0.324. The van der Waals surface area contributed by atoms with Crippen molar-refractivity contribution in [1.82, 2.24) is 9.55 Å². The quantitative estimate of drug-likeness (QED) is 0.393. The highest BCUT2D eigenvalue weighted by Gasteiger charge is 2.19. The van der Waals surface area contributed by atoms with E-state index in [1.54, 1.807) is 27.7 Å². The highest BCUT2D eigenvalue weighted by Crippen LogP contribution is 2.42. The maximum atomic E-state index is 5.95. The van der Waals surface area contributed by atoms with Crippen LogP contribution < -0.4 is 19.1 Å². The van der Waals surface area contributed by atoms with Crippen molar-refractivity contribution in [2.24, 2.45) is 7.05 Å². The molecule has 6 nitrogen and oxygen atoms in total. The van der Waals surface area contributed by atoms with Crippen LogP contribution >= 0.6 is 23.2 Å². The van der Waals surface area contributed by atoms with Gasteiger partial charge in [0.15, 0.2) is 11.5 Å². The Bertz CT molecular complexity index is 975. The van der Waals surface area contributed by atoms with Gasteiger partial charge in [0, 0.05) is 48.7 Å². The zero-order valence-corrected chi connectivity index (χ0v) is 19.7. The van der Waals surface area contributed by atoms with Crippen molar-refractivity contribution >= 4 is 28.9 Å². The fraction of sp³-hybridized carbons (Fsp3) is 0.348. The van der Waals surface area contributed by atoms with Crippen LogP contribution in [0.2, 0.25) is 0 Å². The zero-order valence-electron chi connectivity index (χ0n) is 18.2. The Labute approximate surface area is 193 Å². The standard InChI is InChI=1S/C23H27Cl2N3O3/c1-27-15-26-21(17-13-19(29-2)23(31-4)20(14-17)30-3)22(27)16-5-7-18(8-6-16)28(11-9-24)12-10-25/h5-8,13-15H,9-12H2,1-4H3. The van der Waals surface area contributed by atoms with E-state index in [1.807, 2.05) is 23.7 Å². The van der Waals surface area contributed by atoms with E-state index in [2.05, 4.69) is 34.1 Å². The number of anilines is 1. The van der Waals surface area contributed by atoms with Crippen LogP contribution in [0.15, 0.2) is 42.7 Å². The summed E-state index contributed by atoms with van der Waals surface area (Å²) in [5.41, 5.74) is 4.82. The third-order valence-electron chi connectivity index (χ3n) is 5.09. The van der Waals surface area contributed by atoms with Gasteiger partial charge in [-0.1, -0.05) is 12.1 Å². The zero-order chi connectivity index (χ0) is 22.4. The number of benzene rings is 2. The minimum absolute atomic E-state index is 0.547. The molecule has 0 fully saturated rings. The summed E-state index contributed by atoms with van der Waals surface area (Å²) in [7, 11) is 6.77. The molecule has 0 amide bonds. The molecule has 3 rings (SSSR count). The number of aryl methyl sites for hydroxylation is 1. The molecule has 0 aliphatic rings. The fourth-order valence-electron chi connectivity index (χ4n) is 3.60. The molecule has 0 radical (unpaired) electrons. The van der Waals surface area contributed by atoms with E-state index >= 15 is 0 Å². The molecule has 0 saturated carbocycles. The number of methoxy groups -OCH3 is 3. The summed E-state index contributed by atoms with van der Waals surface area (Å²) in [4.78, 5) is 6.82. The minimum atomic E-state index is 0.547. The van der Waals surface area contributed by atoms with Gasteiger partial charge >= 0.3 is 0 Å². The molecule has 2 aromatic carbocycles. The van der Waals surface area contributed by atoms with E-state index in [-0.39, 0.29) is 0 Å². The van der Waals surface area contributed by atoms with Gasteiger partial charge in [0.05, 0.1) is 39.0 Å². The summed E-state index contributed by atoms with van der Waals surface area (Å²) < 4.78 is 18.5. The Morgan fingerprint density at radius 1 is 0.871 bits per heavy atom. The SMILES string of the molecule is COc1cc(-c2ncn(C)c2-c2ccc(N(CCCl)CCCl)cc2)cc(OC)c1OC. The number of nitrogens with zero attached hydrogens (tertiary/aromatic N) is 3. The Balaban J connectivity index is 2.04. The van der Waals surface area contributed by atoms with Gasteiger partial charge in [-0.05, 0) is 24.3 Å². The number of ether oxygens (including phenoxy) is 3. The normalized spacial score (nSPS) is 10.8. The fourth-order valence-corrected chi connectivity index (χ4v) is 4.01. The second-order valence-corrected chi connectivity index (χ2v) is 7.63. The summed E-state index contributed by atoms with van der Waals surface area (Å²) in [6.45, 7) is 1.49. The van der Waals surface area contributed by atoms with Gasteiger partial charge in [0.25, 0.3) is 0 Å². The van der Waals surface area contributed by atoms with Crippen molar-refractivity contribution in [2.45, 2.75) is 0 Å². The molecule has 0 spiro atoms. The maximum absolute atomic E-state index is 5.95. The van der Waals surface area contributed by atoms with E-state index in [0.29, 0.717) is 29.0 Å². The van der Waals surface area contributed by atoms with E-state index < -0.39 is 0 Å². The van der Waals surface area contributed by atoms with Crippen LogP contribution in [0.5, 0.6) is 17.2 Å². The van der Waals surface area contributed by atoms with Crippen LogP contribution in [0.3, 0.4) is 0 Å². The highest BCUT2D eigenvalue weighted by atomic mass is 35.5. The minimum Gasteiger partial charge on any atom is -0.493 e. The first-order valence-corrected chi connectivity index (χ1v) is 10.9. The first-order chi connectivity index (χ1) is 15.1. The average Bonchev–Trinajstić information content (AvgIpc) is 3.19. The molecular formula is C23H27Cl2N3O3. The van der Waals surface area contributed by atoms with Gasteiger partial charge in [0.1, 0.15) is 0 Å². The summed E-state index contributed by atoms with van der Waals surface area (Å²) in [6.07, 6.45) is 1.80. The first-order valence-electron chi connectivity index (χ1n) is 9.86. The van der Waals surface area contributed by atoms with Gasteiger partial charge < -0.3 is 23.7 Å². The summed E-state index contributed by atoms with van der Waals surface area (Å²) in [6, 6.07) is 12.2. The van der Waals surface area contributed by atoms with Crippen LogP contribution in [0.1, 0.15) is 0 Å². The van der Waals surface area contributed by atoms with Crippen LogP contribution in [-0.2, 0) is 7.05 Å². The third-order valence-corrected chi connectivity index (χ3v) is 5.43. The van der Waals surface area contributed by atoms with Crippen molar-refractivity contribution < 1.29 is 14.2 Å². The van der Waals surface area contributed by atoms with Gasteiger partial charge in [-0.25, -0.2) is 4.98 Å². The van der Waals surface area contributed by atoms with E-state index in [0.717, 1.165) is 41.3 Å². The number of hydrogen-bond donors (Lipinski definition) is 0. The lowest BCUT2D eigenvalue weighted by Gasteiger charge is -2.23. The largest absolute Gasteiger partial charge is 0.493 e. The number of alkyl halides is 2. The molecule has 31 heavy (non-hydrogen) atoms. The Hall–Kier alpha value is -2.57. The highest BCUT2D eigenvalue weighted by molar-refractivity contribution is 6.18. The number of imidazole rings is 1. The maximum Gasteiger partial charge on any atom is 0.203 e. The van der Waals surface area contributed by atoms with E-state index in [4.69, 9.17) is 37.4 Å². The van der Waals surface area contributed by atoms with Crippen LogP contribution in [0, 0.1) is 0 Å². The van der Waals surface area contributed by atoms with Crippen molar-refractivity contribution in [3.8, 4) is 39.8 Å². The number of aromatic nitrogens is 2. The summed E-state index contributed by atoms with van der Waals surface area (Å²) in [5, 5.41) is 0. The molecule has 0 bridgehead atoms. The lowest BCUT2D eigenvalue weighted by Crippen LogP contribution is -2.27. The van der Waals surface area contributed by atoms with Gasteiger partial charge in [-0.2, -0.15) is 0 Å². The molecule has 8 heteroatoms. The smallest absolute Gasteiger partial charge is 0.203 e.